The normalized spacial score (nSPS) is 10.7. The van der Waals surface area contributed by atoms with Gasteiger partial charge in [-0.1, -0.05) is 36.4 Å². The van der Waals surface area contributed by atoms with E-state index in [4.69, 9.17) is 9.84 Å². The molecule has 2 aromatic carbocycles. The fourth-order valence-corrected chi connectivity index (χ4v) is 2.15. The lowest BCUT2D eigenvalue weighted by Gasteiger charge is -2.08. The molecule has 0 saturated carbocycles. The highest BCUT2D eigenvalue weighted by atomic mass is 79.9. The van der Waals surface area contributed by atoms with Gasteiger partial charge in [0, 0.05) is 6.08 Å². The van der Waals surface area contributed by atoms with Gasteiger partial charge < -0.3 is 9.84 Å². The maximum Gasteiger partial charge on any atom is 0.328 e. The predicted molar refractivity (Wildman–Crippen MR) is 81.6 cm³/mol. The Kier molecular flexibility index (Phi) is 4.96. The minimum absolute atomic E-state index is 0.490. The summed E-state index contributed by atoms with van der Waals surface area (Å²) >= 11 is 3.42. The zero-order valence-corrected chi connectivity index (χ0v) is 12.2. The lowest BCUT2D eigenvalue weighted by molar-refractivity contribution is -0.131. The largest absolute Gasteiger partial charge is 0.488 e. The molecule has 0 radical (unpaired) electrons. The standard InChI is InChI=1S/C16H13BrO3/c17-14-10-12(7-9-16(18)19)6-8-15(14)20-11-13-4-2-1-3-5-13/h1-10H,11H2,(H,18,19). The highest BCUT2D eigenvalue weighted by Crippen LogP contribution is 2.27. The van der Waals surface area contributed by atoms with Crippen LogP contribution < -0.4 is 4.74 Å². The first-order chi connectivity index (χ1) is 9.65. The molecule has 1 N–H and O–H groups in total. The minimum Gasteiger partial charge on any atom is -0.488 e. The van der Waals surface area contributed by atoms with Gasteiger partial charge in [-0.15, -0.1) is 0 Å². The van der Waals surface area contributed by atoms with E-state index in [2.05, 4.69) is 15.9 Å². The third-order valence-corrected chi connectivity index (χ3v) is 3.23. The predicted octanol–water partition coefficient (Wildman–Crippen LogP) is 4.13. The summed E-state index contributed by atoms with van der Waals surface area (Å²) in [5.74, 6) is -0.244. The van der Waals surface area contributed by atoms with Crippen molar-refractivity contribution in [3.8, 4) is 5.75 Å². The number of carboxylic acids is 1. The second-order valence-electron chi connectivity index (χ2n) is 4.14. The molecule has 3 nitrogen and oxygen atoms in total. The molecule has 0 aliphatic heterocycles. The molecule has 0 unspecified atom stereocenters. The first-order valence-electron chi connectivity index (χ1n) is 6.02. The number of aliphatic carboxylic acids is 1. The lowest BCUT2D eigenvalue weighted by Crippen LogP contribution is -1.95. The number of carboxylic acid groups (broad SMARTS) is 1. The summed E-state index contributed by atoms with van der Waals surface area (Å²) in [5, 5.41) is 8.59. The average molecular weight is 333 g/mol. The molecular weight excluding hydrogens is 320 g/mol. The molecular formula is C16H13BrO3. The van der Waals surface area contributed by atoms with Gasteiger partial charge in [0.25, 0.3) is 0 Å². The third kappa shape index (κ3) is 4.24. The topological polar surface area (TPSA) is 46.5 Å². The second kappa shape index (κ2) is 6.91. The quantitative estimate of drug-likeness (QED) is 0.837. The molecule has 0 saturated heterocycles. The van der Waals surface area contributed by atoms with Gasteiger partial charge in [-0.05, 0) is 45.3 Å². The van der Waals surface area contributed by atoms with Crippen molar-refractivity contribution in [2.75, 3.05) is 0 Å². The Balaban J connectivity index is 2.04. The van der Waals surface area contributed by atoms with E-state index in [1.807, 2.05) is 48.5 Å². The average Bonchev–Trinajstić information content (AvgIpc) is 2.45. The maximum atomic E-state index is 10.5. The number of benzene rings is 2. The number of hydrogen-bond acceptors (Lipinski definition) is 2. The van der Waals surface area contributed by atoms with Crippen LogP contribution in [0.5, 0.6) is 5.75 Å². The van der Waals surface area contributed by atoms with Gasteiger partial charge >= 0.3 is 5.97 Å². The van der Waals surface area contributed by atoms with Crippen molar-refractivity contribution in [2.24, 2.45) is 0 Å². The summed E-state index contributed by atoms with van der Waals surface area (Å²) in [4.78, 5) is 10.5. The van der Waals surface area contributed by atoms with Gasteiger partial charge in [-0.2, -0.15) is 0 Å². The van der Waals surface area contributed by atoms with Crippen LogP contribution in [0.3, 0.4) is 0 Å². The van der Waals surface area contributed by atoms with Gasteiger partial charge in [-0.3, -0.25) is 0 Å². The molecule has 4 heteroatoms. The van der Waals surface area contributed by atoms with Crippen LogP contribution >= 0.6 is 15.9 Å². The van der Waals surface area contributed by atoms with Crippen molar-refractivity contribution < 1.29 is 14.6 Å². The van der Waals surface area contributed by atoms with Crippen molar-refractivity contribution in [1.29, 1.82) is 0 Å². The van der Waals surface area contributed by atoms with E-state index in [0.29, 0.717) is 6.61 Å². The zero-order valence-electron chi connectivity index (χ0n) is 10.6. The van der Waals surface area contributed by atoms with Crippen LogP contribution in [-0.2, 0) is 11.4 Å². The van der Waals surface area contributed by atoms with E-state index in [1.165, 1.54) is 6.08 Å². The number of ether oxygens (including phenoxy) is 1. The van der Waals surface area contributed by atoms with Crippen LogP contribution in [0.1, 0.15) is 11.1 Å². The summed E-state index contributed by atoms with van der Waals surface area (Å²) in [6, 6.07) is 15.3. The fraction of sp³-hybridized carbons (Fsp3) is 0.0625. The highest BCUT2D eigenvalue weighted by Gasteiger charge is 2.02. The summed E-state index contributed by atoms with van der Waals surface area (Å²) in [7, 11) is 0. The lowest BCUT2D eigenvalue weighted by atomic mass is 10.2. The molecule has 0 amide bonds. The number of rotatable bonds is 5. The molecule has 102 valence electrons. The van der Waals surface area contributed by atoms with Crippen LogP contribution in [-0.4, -0.2) is 11.1 Å². The number of halogens is 1. The number of hydrogen-bond donors (Lipinski definition) is 1. The van der Waals surface area contributed by atoms with Crippen molar-refractivity contribution in [2.45, 2.75) is 6.61 Å². The van der Waals surface area contributed by atoms with Gasteiger partial charge in [0.2, 0.25) is 0 Å². The summed E-state index contributed by atoms with van der Waals surface area (Å²) < 4.78 is 6.51. The van der Waals surface area contributed by atoms with Gasteiger partial charge in [0.15, 0.2) is 0 Å². The van der Waals surface area contributed by atoms with Crippen molar-refractivity contribution in [3.05, 3.63) is 70.2 Å². The van der Waals surface area contributed by atoms with Crippen LogP contribution in [0, 0.1) is 0 Å². The Morgan fingerprint density at radius 1 is 1.20 bits per heavy atom. The van der Waals surface area contributed by atoms with Crippen LogP contribution in [0.15, 0.2) is 59.1 Å². The Labute approximate surface area is 125 Å². The molecule has 2 aromatic rings. The minimum atomic E-state index is -0.967. The van der Waals surface area contributed by atoms with E-state index in [-0.39, 0.29) is 0 Å². The molecule has 2 rings (SSSR count). The summed E-state index contributed by atoms with van der Waals surface area (Å²) in [6.45, 7) is 0.490. The van der Waals surface area contributed by atoms with E-state index < -0.39 is 5.97 Å². The van der Waals surface area contributed by atoms with Crippen molar-refractivity contribution in [1.82, 2.24) is 0 Å². The highest BCUT2D eigenvalue weighted by molar-refractivity contribution is 9.10. The molecule has 0 atom stereocenters. The Hall–Kier alpha value is -2.07. The van der Waals surface area contributed by atoms with Crippen LogP contribution in [0.4, 0.5) is 0 Å². The van der Waals surface area contributed by atoms with Crippen molar-refractivity contribution in [3.63, 3.8) is 0 Å². The first-order valence-corrected chi connectivity index (χ1v) is 6.82. The van der Waals surface area contributed by atoms with Gasteiger partial charge in [0.1, 0.15) is 12.4 Å². The third-order valence-electron chi connectivity index (χ3n) is 2.61. The van der Waals surface area contributed by atoms with E-state index in [1.54, 1.807) is 0 Å². The Morgan fingerprint density at radius 3 is 2.60 bits per heavy atom. The molecule has 20 heavy (non-hydrogen) atoms. The molecule has 0 bridgehead atoms. The maximum absolute atomic E-state index is 10.5. The first kappa shape index (κ1) is 14.3. The number of carbonyl (C=O) groups is 1. The van der Waals surface area contributed by atoms with Gasteiger partial charge in [-0.25, -0.2) is 4.79 Å². The fourth-order valence-electron chi connectivity index (χ4n) is 1.64. The van der Waals surface area contributed by atoms with Crippen molar-refractivity contribution >= 4 is 28.0 Å². The van der Waals surface area contributed by atoms with Crippen LogP contribution in [0.25, 0.3) is 6.08 Å². The molecule has 0 fully saturated rings. The van der Waals surface area contributed by atoms with E-state index >= 15 is 0 Å². The summed E-state index contributed by atoms with van der Waals surface area (Å²) in [5.41, 5.74) is 1.89. The SMILES string of the molecule is O=C(O)C=Cc1ccc(OCc2ccccc2)c(Br)c1. The summed E-state index contributed by atoms with van der Waals surface area (Å²) in [6.07, 6.45) is 2.64. The monoisotopic (exact) mass is 332 g/mol. The molecule has 0 heterocycles. The van der Waals surface area contributed by atoms with E-state index in [9.17, 15) is 4.79 Å². The van der Waals surface area contributed by atoms with Crippen LogP contribution in [0.2, 0.25) is 0 Å². The molecule has 0 aliphatic rings. The molecule has 0 spiro atoms. The van der Waals surface area contributed by atoms with E-state index in [0.717, 1.165) is 27.4 Å². The zero-order chi connectivity index (χ0) is 14.4. The molecule has 0 aliphatic carbocycles. The Morgan fingerprint density at radius 2 is 1.95 bits per heavy atom. The van der Waals surface area contributed by atoms with Gasteiger partial charge in [0.05, 0.1) is 4.47 Å². The Bertz CT molecular complexity index is 621. The smallest absolute Gasteiger partial charge is 0.328 e. The second-order valence-corrected chi connectivity index (χ2v) is 4.99. The molecule has 0 aromatic heterocycles.